The molecule has 1 aromatic heterocycles. The number of ether oxygens (including phenoxy) is 1. The summed E-state index contributed by atoms with van der Waals surface area (Å²) in [5.74, 6) is -0.610. The number of halogens is 3. The molecule has 13 heteroatoms. The van der Waals surface area contributed by atoms with Gasteiger partial charge in [0.15, 0.2) is 5.69 Å². The fourth-order valence-corrected chi connectivity index (χ4v) is 5.14. The van der Waals surface area contributed by atoms with Gasteiger partial charge in [-0.1, -0.05) is 11.6 Å². The van der Waals surface area contributed by atoms with Crippen molar-refractivity contribution < 1.29 is 35.9 Å². The first-order chi connectivity index (χ1) is 16.5. The molecular formula is C22H25F3N4O5S. The van der Waals surface area contributed by atoms with E-state index in [1.54, 1.807) is 25.1 Å². The van der Waals surface area contributed by atoms with E-state index in [1.165, 1.54) is 0 Å². The highest BCUT2D eigenvalue weighted by Gasteiger charge is 2.40. The second kappa shape index (κ2) is 11.0. The van der Waals surface area contributed by atoms with Crippen molar-refractivity contribution in [2.45, 2.75) is 30.8 Å². The van der Waals surface area contributed by atoms with Gasteiger partial charge in [0.25, 0.3) is 5.91 Å². The van der Waals surface area contributed by atoms with Crippen LogP contribution in [0.3, 0.4) is 0 Å². The van der Waals surface area contributed by atoms with E-state index >= 15 is 0 Å². The number of hydrogen-bond donors (Lipinski definition) is 2. The number of aryl methyl sites for hydroxylation is 1. The van der Waals surface area contributed by atoms with Crippen LogP contribution in [-0.4, -0.2) is 62.3 Å². The van der Waals surface area contributed by atoms with E-state index in [0.29, 0.717) is 0 Å². The first-order valence-corrected chi connectivity index (χ1v) is 12.2. The maximum Gasteiger partial charge on any atom is 0.434 e. The molecule has 1 aliphatic rings. The molecule has 0 bridgehead atoms. The molecule has 1 aromatic carbocycles. The number of carbonyl (C=O) groups is 2. The summed E-state index contributed by atoms with van der Waals surface area (Å²) in [6.07, 6.45) is -4.12. The summed E-state index contributed by atoms with van der Waals surface area (Å²) >= 11 is 0. The van der Waals surface area contributed by atoms with Gasteiger partial charge in [0.2, 0.25) is 15.9 Å². The fourth-order valence-electron chi connectivity index (χ4n) is 3.50. The highest BCUT2D eigenvalue weighted by molar-refractivity contribution is 7.89. The predicted molar refractivity (Wildman–Crippen MR) is 119 cm³/mol. The molecule has 0 fully saturated rings. The predicted octanol–water partition coefficient (Wildman–Crippen LogP) is 2.12. The Morgan fingerprint density at radius 2 is 1.86 bits per heavy atom. The number of amides is 2. The van der Waals surface area contributed by atoms with E-state index < -0.39 is 32.7 Å². The number of sulfonamides is 1. The SMILES string of the molecule is Cc1ccc2c(c1)C(=O)NCCN(S(=O)(=O)c1cccnc1C(F)(F)F)CCCC(=O)NCCO2. The number of rotatable bonds is 2. The Kier molecular flexibility index (Phi) is 8.33. The molecule has 1 aliphatic heterocycles. The largest absolute Gasteiger partial charge is 0.491 e. The molecule has 0 unspecified atom stereocenters. The number of aromatic nitrogens is 1. The van der Waals surface area contributed by atoms with Gasteiger partial charge in [-0.3, -0.25) is 14.6 Å². The van der Waals surface area contributed by atoms with Crippen molar-refractivity contribution in [3.05, 3.63) is 53.3 Å². The number of benzene rings is 1. The van der Waals surface area contributed by atoms with Crippen molar-refractivity contribution in [2.24, 2.45) is 0 Å². The minimum absolute atomic E-state index is 0.0483. The Bertz CT molecular complexity index is 1190. The third kappa shape index (κ3) is 6.69. The molecule has 0 radical (unpaired) electrons. The molecule has 0 saturated carbocycles. The molecule has 0 spiro atoms. The Morgan fingerprint density at radius 3 is 2.60 bits per heavy atom. The average Bonchev–Trinajstić information content (AvgIpc) is 2.80. The van der Waals surface area contributed by atoms with Gasteiger partial charge in [0.05, 0.1) is 12.1 Å². The van der Waals surface area contributed by atoms with Crippen LogP contribution in [0.15, 0.2) is 41.4 Å². The van der Waals surface area contributed by atoms with Gasteiger partial charge in [0, 0.05) is 32.3 Å². The highest BCUT2D eigenvalue weighted by Crippen LogP contribution is 2.33. The van der Waals surface area contributed by atoms with E-state index in [2.05, 4.69) is 15.6 Å². The van der Waals surface area contributed by atoms with Crippen molar-refractivity contribution in [2.75, 3.05) is 32.8 Å². The van der Waals surface area contributed by atoms with Crippen LogP contribution in [0.5, 0.6) is 5.75 Å². The van der Waals surface area contributed by atoms with Crippen LogP contribution in [-0.2, 0) is 21.0 Å². The zero-order valence-electron chi connectivity index (χ0n) is 18.9. The molecule has 0 saturated heterocycles. The van der Waals surface area contributed by atoms with Gasteiger partial charge in [-0.25, -0.2) is 8.42 Å². The summed E-state index contributed by atoms with van der Waals surface area (Å²) in [4.78, 5) is 27.1. The van der Waals surface area contributed by atoms with Crippen LogP contribution in [0.4, 0.5) is 13.2 Å². The maximum absolute atomic E-state index is 13.4. The van der Waals surface area contributed by atoms with Gasteiger partial charge >= 0.3 is 6.18 Å². The van der Waals surface area contributed by atoms with Crippen molar-refractivity contribution in [3.8, 4) is 5.75 Å². The molecule has 35 heavy (non-hydrogen) atoms. The van der Waals surface area contributed by atoms with E-state index in [4.69, 9.17) is 4.74 Å². The molecule has 0 atom stereocenters. The molecule has 3 rings (SSSR count). The average molecular weight is 515 g/mol. The number of pyridine rings is 1. The lowest BCUT2D eigenvalue weighted by Gasteiger charge is -2.24. The number of hydrogen-bond acceptors (Lipinski definition) is 6. The minimum atomic E-state index is -4.99. The quantitative estimate of drug-likeness (QED) is 0.634. The lowest BCUT2D eigenvalue weighted by Crippen LogP contribution is -2.40. The first-order valence-electron chi connectivity index (χ1n) is 10.8. The van der Waals surface area contributed by atoms with Gasteiger partial charge in [-0.05, 0) is 37.6 Å². The fraction of sp³-hybridized carbons (Fsp3) is 0.409. The van der Waals surface area contributed by atoms with Gasteiger partial charge in [-0.15, -0.1) is 0 Å². The van der Waals surface area contributed by atoms with E-state index in [9.17, 15) is 31.2 Å². The normalized spacial score (nSPS) is 17.3. The van der Waals surface area contributed by atoms with Crippen LogP contribution in [0.1, 0.15) is 34.5 Å². The number of alkyl halides is 3. The number of fused-ring (bicyclic) bond motifs is 1. The lowest BCUT2D eigenvalue weighted by atomic mass is 10.1. The Hall–Kier alpha value is -3.19. The highest BCUT2D eigenvalue weighted by atomic mass is 32.2. The summed E-state index contributed by atoms with van der Waals surface area (Å²) in [5, 5.41) is 5.23. The minimum Gasteiger partial charge on any atom is -0.491 e. The topological polar surface area (TPSA) is 118 Å². The molecule has 0 aliphatic carbocycles. The Morgan fingerprint density at radius 1 is 1.09 bits per heavy atom. The standard InChI is InChI=1S/C22H25F3N4O5S/c1-15-6-7-17-16(14-15)21(31)28-9-12-29(11-3-5-19(30)26-10-13-34-17)35(32,33)18-4-2-8-27-20(18)22(23,24)25/h2,4,6-8,14H,3,5,9-13H2,1H3,(H,26,30)(H,28,31). The Balaban J connectivity index is 1.90. The first kappa shape index (κ1) is 26.4. The van der Waals surface area contributed by atoms with E-state index in [1.807, 2.05) is 0 Å². The summed E-state index contributed by atoms with van der Waals surface area (Å²) in [5.41, 5.74) is -0.527. The van der Waals surface area contributed by atoms with Crippen molar-refractivity contribution >= 4 is 21.8 Å². The lowest BCUT2D eigenvalue weighted by molar-refractivity contribution is -0.143. The summed E-state index contributed by atoms with van der Waals surface area (Å²) in [6.45, 7) is 1.31. The smallest absolute Gasteiger partial charge is 0.434 e. The van der Waals surface area contributed by atoms with Gasteiger partial charge in [0.1, 0.15) is 17.3 Å². The third-order valence-electron chi connectivity index (χ3n) is 5.18. The number of carbonyl (C=O) groups excluding carboxylic acids is 2. The zero-order chi connectivity index (χ0) is 25.6. The zero-order valence-corrected chi connectivity index (χ0v) is 19.7. The molecular weight excluding hydrogens is 489 g/mol. The van der Waals surface area contributed by atoms with Crippen molar-refractivity contribution in [3.63, 3.8) is 0 Å². The molecule has 2 amide bonds. The van der Waals surface area contributed by atoms with Gasteiger partial charge < -0.3 is 15.4 Å². The van der Waals surface area contributed by atoms with Crippen LogP contribution < -0.4 is 15.4 Å². The van der Waals surface area contributed by atoms with E-state index in [-0.39, 0.29) is 62.8 Å². The van der Waals surface area contributed by atoms with Crippen molar-refractivity contribution in [1.82, 2.24) is 19.9 Å². The van der Waals surface area contributed by atoms with Crippen LogP contribution in [0.2, 0.25) is 0 Å². The van der Waals surface area contributed by atoms with Crippen LogP contribution in [0.25, 0.3) is 0 Å². The molecule has 2 heterocycles. The number of nitrogens with one attached hydrogen (secondary N) is 2. The third-order valence-corrected chi connectivity index (χ3v) is 7.11. The Labute approximate surface area is 200 Å². The second-order valence-electron chi connectivity index (χ2n) is 7.81. The maximum atomic E-state index is 13.4. The molecule has 2 aromatic rings. The van der Waals surface area contributed by atoms with Gasteiger partial charge in [-0.2, -0.15) is 17.5 Å². The monoisotopic (exact) mass is 514 g/mol. The van der Waals surface area contributed by atoms with E-state index in [0.717, 1.165) is 28.2 Å². The molecule has 2 N–H and O–H groups in total. The van der Waals surface area contributed by atoms with Crippen molar-refractivity contribution in [1.29, 1.82) is 0 Å². The van der Waals surface area contributed by atoms with Crippen LogP contribution in [0, 0.1) is 6.92 Å². The molecule has 9 nitrogen and oxygen atoms in total. The second-order valence-corrected chi connectivity index (χ2v) is 9.72. The molecule has 190 valence electrons. The summed E-state index contributed by atoms with van der Waals surface area (Å²) in [6, 6.07) is 6.90. The summed E-state index contributed by atoms with van der Waals surface area (Å²) < 4.78 is 73.2. The van der Waals surface area contributed by atoms with Crippen LogP contribution >= 0.6 is 0 Å². The summed E-state index contributed by atoms with van der Waals surface area (Å²) in [7, 11) is -4.65. The number of nitrogens with zero attached hydrogens (tertiary/aromatic N) is 2.